The van der Waals surface area contributed by atoms with Gasteiger partial charge >= 0.3 is 6.09 Å². The van der Waals surface area contributed by atoms with Crippen molar-refractivity contribution in [2.45, 2.75) is 52.7 Å². The second kappa shape index (κ2) is 13.5. The van der Waals surface area contributed by atoms with E-state index < -0.39 is 0 Å². The van der Waals surface area contributed by atoms with E-state index in [1.807, 2.05) is 13.8 Å². The summed E-state index contributed by atoms with van der Waals surface area (Å²) in [5, 5.41) is 9.33. The molecule has 3 N–H and O–H groups in total. The van der Waals surface area contributed by atoms with Gasteiger partial charge < -0.3 is 25.4 Å². The van der Waals surface area contributed by atoms with Gasteiger partial charge in [0.05, 0.1) is 12.2 Å². The molecular formula is C16H35IN4O3. The maximum Gasteiger partial charge on any atom is 0.407 e. The van der Waals surface area contributed by atoms with Crippen LogP contribution in [-0.2, 0) is 9.47 Å². The molecule has 0 aromatic rings. The van der Waals surface area contributed by atoms with Gasteiger partial charge in [-0.3, -0.25) is 4.99 Å². The van der Waals surface area contributed by atoms with E-state index in [-0.39, 0.29) is 41.7 Å². The molecular weight excluding hydrogens is 423 g/mol. The SMILES string of the molecule is CCOC(=O)NC(CNC(=NC)NCC(C)(C)OC)CC(C)C.I. The highest BCUT2D eigenvalue weighted by Crippen LogP contribution is 2.05. The third kappa shape index (κ3) is 12.6. The van der Waals surface area contributed by atoms with E-state index in [1.54, 1.807) is 21.1 Å². The average Bonchev–Trinajstić information content (AvgIpc) is 2.46. The molecule has 0 spiro atoms. The lowest BCUT2D eigenvalue weighted by Gasteiger charge is -2.26. The minimum Gasteiger partial charge on any atom is -0.450 e. The van der Waals surface area contributed by atoms with Crippen LogP contribution in [0.2, 0.25) is 0 Å². The van der Waals surface area contributed by atoms with Gasteiger partial charge in [0, 0.05) is 33.3 Å². The second-order valence-corrected chi connectivity index (χ2v) is 6.46. The summed E-state index contributed by atoms with van der Waals surface area (Å²) in [4.78, 5) is 15.8. The van der Waals surface area contributed by atoms with Gasteiger partial charge in [-0.05, 0) is 33.1 Å². The molecule has 0 heterocycles. The van der Waals surface area contributed by atoms with Crippen molar-refractivity contribution in [3.05, 3.63) is 0 Å². The normalized spacial score (nSPS) is 13.1. The van der Waals surface area contributed by atoms with Crippen LogP contribution in [0.25, 0.3) is 0 Å². The van der Waals surface area contributed by atoms with Gasteiger partial charge in [-0.15, -0.1) is 24.0 Å². The summed E-state index contributed by atoms with van der Waals surface area (Å²) in [6.45, 7) is 11.6. The summed E-state index contributed by atoms with van der Waals surface area (Å²) in [6.07, 6.45) is 0.468. The Balaban J connectivity index is 0. The first-order chi connectivity index (χ1) is 10.7. The Hall–Kier alpha value is -0.770. The number of carbonyl (C=O) groups is 1. The molecule has 0 aliphatic heterocycles. The van der Waals surface area contributed by atoms with Crippen LogP contribution >= 0.6 is 24.0 Å². The first-order valence-corrected chi connectivity index (χ1v) is 8.17. The van der Waals surface area contributed by atoms with E-state index in [4.69, 9.17) is 9.47 Å². The molecule has 0 fully saturated rings. The van der Waals surface area contributed by atoms with Gasteiger partial charge in [0.15, 0.2) is 5.96 Å². The first-order valence-electron chi connectivity index (χ1n) is 8.17. The summed E-state index contributed by atoms with van der Waals surface area (Å²) in [5.74, 6) is 1.14. The molecule has 1 atom stereocenters. The van der Waals surface area contributed by atoms with Crippen LogP contribution in [0.3, 0.4) is 0 Å². The number of amides is 1. The number of guanidine groups is 1. The van der Waals surface area contributed by atoms with E-state index >= 15 is 0 Å². The van der Waals surface area contributed by atoms with Gasteiger partial charge in [-0.2, -0.15) is 0 Å². The van der Waals surface area contributed by atoms with Crippen molar-refractivity contribution in [3.63, 3.8) is 0 Å². The van der Waals surface area contributed by atoms with Crippen LogP contribution < -0.4 is 16.0 Å². The fourth-order valence-corrected chi connectivity index (χ4v) is 1.91. The molecule has 1 unspecified atom stereocenters. The summed E-state index contributed by atoms with van der Waals surface area (Å²) in [6, 6.07) is -0.0250. The molecule has 0 radical (unpaired) electrons. The van der Waals surface area contributed by atoms with Crippen LogP contribution in [0.4, 0.5) is 4.79 Å². The Morgan fingerprint density at radius 2 is 1.88 bits per heavy atom. The third-order valence-electron chi connectivity index (χ3n) is 3.33. The maximum absolute atomic E-state index is 11.6. The van der Waals surface area contributed by atoms with E-state index in [1.165, 1.54) is 0 Å². The zero-order valence-corrected chi connectivity index (χ0v) is 18.4. The molecule has 0 aliphatic rings. The Kier molecular flexibility index (Phi) is 14.3. The Labute approximate surface area is 163 Å². The Morgan fingerprint density at radius 3 is 2.33 bits per heavy atom. The lowest BCUT2D eigenvalue weighted by Crippen LogP contribution is -2.50. The van der Waals surface area contributed by atoms with E-state index in [2.05, 4.69) is 34.8 Å². The van der Waals surface area contributed by atoms with Crippen LogP contribution in [0.15, 0.2) is 4.99 Å². The number of nitrogens with one attached hydrogen (secondary N) is 3. The van der Waals surface area contributed by atoms with Crippen molar-refractivity contribution < 1.29 is 14.3 Å². The topological polar surface area (TPSA) is 84.0 Å². The summed E-state index contributed by atoms with van der Waals surface area (Å²) in [5.41, 5.74) is -0.280. The third-order valence-corrected chi connectivity index (χ3v) is 3.33. The highest BCUT2D eigenvalue weighted by atomic mass is 127. The van der Waals surface area contributed by atoms with E-state index in [0.29, 0.717) is 31.6 Å². The zero-order chi connectivity index (χ0) is 17.9. The molecule has 8 heteroatoms. The van der Waals surface area contributed by atoms with Gasteiger partial charge in [0.25, 0.3) is 0 Å². The number of rotatable bonds is 9. The smallest absolute Gasteiger partial charge is 0.407 e. The van der Waals surface area contributed by atoms with Gasteiger partial charge in [0.1, 0.15) is 0 Å². The average molecular weight is 458 g/mol. The molecule has 0 aromatic heterocycles. The fraction of sp³-hybridized carbons (Fsp3) is 0.875. The van der Waals surface area contributed by atoms with Crippen molar-refractivity contribution in [2.24, 2.45) is 10.9 Å². The zero-order valence-electron chi connectivity index (χ0n) is 16.1. The molecule has 144 valence electrons. The summed E-state index contributed by atoms with van der Waals surface area (Å²) < 4.78 is 10.3. The number of aliphatic imine (C=N–C) groups is 1. The lowest BCUT2D eigenvalue weighted by molar-refractivity contribution is 0.0268. The number of alkyl carbamates (subject to hydrolysis) is 1. The molecule has 0 bridgehead atoms. The number of halogens is 1. The van der Waals surface area contributed by atoms with Crippen LogP contribution in [-0.4, -0.2) is 57.5 Å². The standard InChI is InChI=1S/C16H34N4O3.HI/c1-8-23-15(21)20-13(9-12(2)3)10-18-14(17-6)19-11-16(4,5)22-7;/h12-13H,8-11H2,1-7H3,(H,20,21)(H2,17,18,19);1H. The molecule has 7 nitrogen and oxygen atoms in total. The van der Waals surface area contributed by atoms with Crippen LogP contribution in [0.5, 0.6) is 0 Å². The van der Waals surface area contributed by atoms with E-state index in [9.17, 15) is 4.79 Å². The second-order valence-electron chi connectivity index (χ2n) is 6.46. The van der Waals surface area contributed by atoms with Crippen molar-refractivity contribution in [3.8, 4) is 0 Å². The fourth-order valence-electron chi connectivity index (χ4n) is 1.91. The number of hydrogen-bond donors (Lipinski definition) is 3. The maximum atomic E-state index is 11.6. The Bertz CT molecular complexity index is 376. The van der Waals surface area contributed by atoms with Crippen molar-refractivity contribution >= 4 is 36.0 Å². The highest BCUT2D eigenvalue weighted by molar-refractivity contribution is 14.0. The number of hydrogen-bond acceptors (Lipinski definition) is 4. The van der Waals surface area contributed by atoms with E-state index in [0.717, 1.165) is 6.42 Å². The molecule has 0 rings (SSSR count). The Morgan fingerprint density at radius 1 is 1.25 bits per heavy atom. The number of methoxy groups -OCH3 is 1. The minimum absolute atomic E-state index is 0. The number of nitrogens with zero attached hydrogens (tertiary/aromatic N) is 1. The summed E-state index contributed by atoms with van der Waals surface area (Å²) >= 11 is 0. The van der Waals surface area contributed by atoms with Gasteiger partial charge in [-0.25, -0.2) is 4.79 Å². The summed E-state index contributed by atoms with van der Waals surface area (Å²) in [7, 11) is 3.39. The lowest BCUT2D eigenvalue weighted by atomic mass is 10.0. The minimum atomic E-state index is -0.386. The van der Waals surface area contributed by atoms with Gasteiger partial charge in [0.2, 0.25) is 0 Å². The predicted octanol–water partition coefficient (Wildman–Crippen LogP) is 2.36. The van der Waals surface area contributed by atoms with Crippen molar-refractivity contribution in [1.29, 1.82) is 0 Å². The quantitative estimate of drug-likeness (QED) is 0.281. The molecule has 1 amide bonds. The number of carbonyl (C=O) groups excluding carboxylic acids is 1. The molecule has 24 heavy (non-hydrogen) atoms. The highest BCUT2D eigenvalue weighted by Gasteiger charge is 2.18. The largest absolute Gasteiger partial charge is 0.450 e. The van der Waals surface area contributed by atoms with Crippen LogP contribution in [0, 0.1) is 5.92 Å². The van der Waals surface area contributed by atoms with Crippen molar-refractivity contribution in [1.82, 2.24) is 16.0 Å². The van der Waals surface area contributed by atoms with Crippen LogP contribution in [0.1, 0.15) is 41.0 Å². The molecule has 0 saturated carbocycles. The first kappa shape index (κ1) is 25.5. The predicted molar refractivity (Wildman–Crippen MR) is 109 cm³/mol. The monoisotopic (exact) mass is 458 g/mol. The van der Waals surface area contributed by atoms with Crippen molar-refractivity contribution in [2.75, 3.05) is 33.9 Å². The molecule has 0 saturated heterocycles. The number of ether oxygens (including phenoxy) is 2. The molecule has 0 aliphatic carbocycles. The molecule has 0 aromatic carbocycles. The van der Waals surface area contributed by atoms with Gasteiger partial charge in [-0.1, -0.05) is 13.8 Å².